The Hall–Kier alpha value is -4.50. The maximum absolute atomic E-state index is 15.2. The zero-order chi connectivity index (χ0) is 32.6. The molecule has 4 rings (SSSR count). The number of likely N-dealkylation sites (N-methyl/N-ethyl adjacent to an activating group) is 2. The highest BCUT2D eigenvalue weighted by Crippen LogP contribution is 2.34. The molecule has 0 radical (unpaired) electrons. The first kappa shape index (κ1) is 34.0. The summed E-state index contributed by atoms with van der Waals surface area (Å²) in [7, 11) is 7.47. The lowest BCUT2D eigenvalue weighted by Crippen LogP contribution is -2.52. The Kier molecular flexibility index (Phi) is 11.4. The van der Waals surface area contributed by atoms with Gasteiger partial charge in [-0.05, 0) is 45.4 Å². The lowest BCUT2D eigenvalue weighted by atomic mass is 9.93. The number of rotatable bonds is 9. The fourth-order valence-corrected chi connectivity index (χ4v) is 4.32. The highest BCUT2D eigenvalue weighted by molar-refractivity contribution is 5.99. The van der Waals surface area contributed by atoms with E-state index in [1.54, 1.807) is 22.1 Å². The van der Waals surface area contributed by atoms with E-state index in [0.29, 0.717) is 43.0 Å². The molecule has 0 fully saturated rings. The number of nitrogens with zero attached hydrogens (tertiary/aromatic N) is 4. The number of aromatic amines is 1. The molecule has 0 bridgehead atoms. The van der Waals surface area contributed by atoms with Crippen LogP contribution < -0.4 is 10.1 Å². The highest BCUT2D eigenvalue weighted by atomic mass is 19.4. The van der Waals surface area contributed by atoms with E-state index < -0.39 is 29.9 Å². The van der Waals surface area contributed by atoms with E-state index in [-0.39, 0.29) is 18.1 Å². The maximum atomic E-state index is 15.2. The van der Waals surface area contributed by atoms with Crippen LogP contribution in [-0.4, -0.2) is 108 Å². The van der Waals surface area contributed by atoms with Crippen molar-refractivity contribution < 1.29 is 41.8 Å². The summed E-state index contributed by atoms with van der Waals surface area (Å²) < 4.78 is 52.9. The van der Waals surface area contributed by atoms with Crippen LogP contribution in [0, 0.1) is 5.82 Å². The Bertz CT molecular complexity index is 1450. The summed E-state index contributed by atoms with van der Waals surface area (Å²) in [5, 5.41) is 16.6. The molecule has 0 spiro atoms. The number of fused-ring (bicyclic) bond motifs is 1. The molecule has 3 N–H and O–H groups in total. The first-order chi connectivity index (χ1) is 20.7. The van der Waals surface area contributed by atoms with Crippen LogP contribution in [0.5, 0.6) is 5.75 Å². The maximum Gasteiger partial charge on any atom is 0.490 e. The van der Waals surface area contributed by atoms with Gasteiger partial charge in [0.1, 0.15) is 24.2 Å². The standard InChI is InChI=1S/C27H33FN6O3.C2HF3O2/c1-32(2)9-10-37-25-12-21(20-14-29-30-15-20)22(28)13-23(25)31-27(36)24-11-18-7-5-6-8-19(18)16-34(24)26(35)17-33(3)4;3-2(4,5)1(6)7/h5-8,12-15,24H,9-11,16-17H2,1-4H3,(H,29,30)(H,31,36);(H,6,7)/t24-;/m1./s1. The highest BCUT2D eigenvalue weighted by Gasteiger charge is 2.38. The molecule has 15 heteroatoms. The van der Waals surface area contributed by atoms with Crippen molar-refractivity contribution in [1.29, 1.82) is 0 Å². The number of aromatic nitrogens is 2. The Balaban J connectivity index is 0.000000676. The number of hydrogen-bond donors (Lipinski definition) is 3. The van der Waals surface area contributed by atoms with Gasteiger partial charge in [-0.25, -0.2) is 9.18 Å². The van der Waals surface area contributed by atoms with Crippen LogP contribution in [0.1, 0.15) is 11.1 Å². The van der Waals surface area contributed by atoms with Crippen LogP contribution in [0.3, 0.4) is 0 Å². The molecule has 238 valence electrons. The number of hydrogen-bond acceptors (Lipinski definition) is 7. The number of benzene rings is 2. The fourth-order valence-electron chi connectivity index (χ4n) is 4.32. The second-order valence-corrected chi connectivity index (χ2v) is 10.5. The third-order valence-electron chi connectivity index (χ3n) is 6.50. The Morgan fingerprint density at radius 2 is 1.77 bits per heavy atom. The Labute approximate surface area is 251 Å². The average Bonchev–Trinajstić information content (AvgIpc) is 3.47. The molecule has 1 aromatic heterocycles. The van der Waals surface area contributed by atoms with Crippen molar-refractivity contribution in [2.75, 3.05) is 53.2 Å². The summed E-state index contributed by atoms with van der Waals surface area (Å²) in [5.41, 5.74) is 3.12. The summed E-state index contributed by atoms with van der Waals surface area (Å²) >= 11 is 0. The lowest BCUT2D eigenvalue weighted by molar-refractivity contribution is -0.192. The van der Waals surface area contributed by atoms with Crippen molar-refractivity contribution in [2.45, 2.75) is 25.2 Å². The zero-order valence-electron chi connectivity index (χ0n) is 24.6. The molecule has 44 heavy (non-hydrogen) atoms. The number of nitrogens with one attached hydrogen (secondary N) is 2. The van der Waals surface area contributed by atoms with Gasteiger partial charge in [0, 0.05) is 42.9 Å². The first-order valence-corrected chi connectivity index (χ1v) is 13.4. The van der Waals surface area contributed by atoms with Gasteiger partial charge in [-0.2, -0.15) is 18.3 Å². The predicted octanol–water partition coefficient (Wildman–Crippen LogP) is 3.24. The molecular formula is C29H34F4N6O5. The van der Waals surface area contributed by atoms with Gasteiger partial charge in [0.15, 0.2) is 0 Å². The molecule has 1 atom stereocenters. The zero-order valence-corrected chi connectivity index (χ0v) is 24.6. The molecule has 0 saturated carbocycles. The molecular weight excluding hydrogens is 588 g/mol. The molecule has 0 saturated heterocycles. The molecule has 0 unspecified atom stereocenters. The summed E-state index contributed by atoms with van der Waals surface area (Å²) in [6.45, 7) is 1.49. The number of aliphatic carboxylic acids is 1. The van der Waals surface area contributed by atoms with Crippen molar-refractivity contribution in [2.24, 2.45) is 0 Å². The van der Waals surface area contributed by atoms with Gasteiger partial charge in [0.2, 0.25) is 11.8 Å². The summed E-state index contributed by atoms with van der Waals surface area (Å²) in [6, 6.07) is 9.87. The molecule has 3 aromatic rings. The molecule has 2 aromatic carbocycles. The number of carbonyl (C=O) groups is 3. The SMILES string of the molecule is CN(C)CCOc1cc(-c2cn[nH]c2)c(F)cc1NC(=O)[C@H]1Cc2ccccc2CN1C(=O)CN(C)C.O=C(O)C(F)(F)F. The number of ether oxygens (including phenoxy) is 1. The second-order valence-electron chi connectivity index (χ2n) is 10.5. The van der Waals surface area contributed by atoms with Crippen LogP contribution in [0.2, 0.25) is 0 Å². The number of amides is 2. The van der Waals surface area contributed by atoms with Crippen molar-refractivity contribution in [3.63, 3.8) is 0 Å². The first-order valence-electron chi connectivity index (χ1n) is 13.4. The minimum Gasteiger partial charge on any atom is -0.490 e. The molecule has 1 aliphatic rings. The second kappa shape index (κ2) is 14.8. The van der Waals surface area contributed by atoms with Gasteiger partial charge in [0.25, 0.3) is 0 Å². The van der Waals surface area contributed by atoms with Crippen molar-refractivity contribution in [3.05, 3.63) is 65.7 Å². The van der Waals surface area contributed by atoms with E-state index in [0.717, 1.165) is 11.1 Å². The molecule has 1 aliphatic heterocycles. The Morgan fingerprint density at radius 1 is 1.11 bits per heavy atom. The van der Waals surface area contributed by atoms with Crippen LogP contribution in [0.15, 0.2) is 48.8 Å². The van der Waals surface area contributed by atoms with E-state index in [2.05, 4.69) is 15.5 Å². The van der Waals surface area contributed by atoms with Gasteiger partial charge in [-0.15, -0.1) is 0 Å². The smallest absolute Gasteiger partial charge is 0.490 e. The van der Waals surface area contributed by atoms with Gasteiger partial charge >= 0.3 is 12.1 Å². The average molecular weight is 623 g/mol. The minimum absolute atomic E-state index is 0.149. The molecule has 11 nitrogen and oxygen atoms in total. The number of carboxylic acid groups (broad SMARTS) is 1. The van der Waals surface area contributed by atoms with Crippen molar-refractivity contribution in [1.82, 2.24) is 24.9 Å². The van der Waals surface area contributed by atoms with E-state index in [4.69, 9.17) is 14.6 Å². The van der Waals surface area contributed by atoms with Crippen molar-refractivity contribution >= 4 is 23.5 Å². The fraction of sp³-hybridized carbons (Fsp3) is 0.379. The Morgan fingerprint density at radius 3 is 2.34 bits per heavy atom. The van der Waals surface area contributed by atoms with Crippen molar-refractivity contribution in [3.8, 4) is 16.9 Å². The van der Waals surface area contributed by atoms with E-state index in [1.165, 1.54) is 12.3 Å². The number of carboxylic acids is 1. The monoisotopic (exact) mass is 622 g/mol. The van der Waals surface area contributed by atoms with Gasteiger partial charge in [0.05, 0.1) is 18.4 Å². The topological polar surface area (TPSA) is 131 Å². The third-order valence-corrected chi connectivity index (χ3v) is 6.50. The summed E-state index contributed by atoms with van der Waals surface area (Å²) in [6.07, 6.45) is -1.60. The van der Waals surface area contributed by atoms with Crippen LogP contribution in [0.4, 0.5) is 23.2 Å². The van der Waals surface area contributed by atoms with Gasteiger partial charge in [-0.3, -0.25) is 14.7 Å². The van der Waals surface area contributed by atoms with E-state index in [1.807, 2.05) is 57.4 Å². The van der Waals surface area contributed by atoms with Gasteiger partial charge in [-0.1, -0.05) is 24.3 Å². The molecule has 2 heterocycles. The number of alkyl halides is 3. The number of halogens is 4. The predicted molar refractivity (Wildman–Crippen MR) is 153 cm³/mol. The van der Waals surface area contributed by atoms with E-state index in [9.17, 15) is 22.8 Å². The quantitative estimate of drug-likeness (QED) is 0.310. The lowest BCUT2D eigenvalue weighted by Gasteiger charge is -2.36. The molecule has 2 amide bonds. The minimum atomic E-state index is -5.08. The number of H-pyrrole nitrogens is 1. The summed E-state index contributed by atoms with van der Waals surface area (Å²) in [5.74, 6) is -3.48. The van der Waals surface area contributed by atoms with Crippen LogP contribution >= 0.6 is 0 Å². The van der Waals surface area contributed by atoms with Crippen LogP contribution in [0.25, 0.3) is 11.1 Å². The third kappa shape index (κ3) is 9.25. The van der Waals surface area contributed by atoms with Gasteiger partial charge < -0.3 is 29.9 Å². The largest absolute Gasteiger partial charge is 0.490 e. The summed E-state index contributed by atoms with van der Waals surface area (Å²) in [4.78, 5) is 40.9. The molecule has 0 aliphatic carbocycles. The van der Waals surface area contributed by atoms with E-state index >= 15 is 4.39 Å². The number of carbonyl (C=O) groups excluding carboxylic acids is 2. The number of anilines is 1. The van der Waals surface area contributed by atoms with Crippen LogP contribution in [-0.2, 0) is 27.3 Å². The normalized spacial score (nSPS) is 14.5.